The van der Waals surface area contributed by atoms with Gasteiger partial charge in [-0.25, -0.2) is 10.2 Å². The van der Waals surface area contributed by atoms with Crippen LogP contribution in [0.5, 0.6) is 5.75 Å². The van der Waals surface area contributed by atoms with Crippen molar-refractivity contribution in [1.29, 1.82) is 0 Å². The van der Waals surface area contributed by atoms with Crippen molar-refractivity contribution < 1.29 is 14.3 Å². The first kappa shape index (κ1) is 22.0. The molecule has 32 heavy (non-hydrogen) atoms. The zero-order chi connectivity index (χ0) is 22.7. The Bertz CT molecular complexity index is 1110. The predicted octanol–water partition coefficient (Wildman–Crippen LogP) is 5.52. The summed E-state index contributed by atoms with van der Waals surface area (Å²) in [5.41, 5.74) is 6.06. The van der Waals surface area contributed by atoms with Crippen LogP contribution in [0.1, 0.15) is 59.5 Å². The van der Waals surface area contributed by atoms with Crippen LogP contribution in [0.4, 0.5) is 0 Å². The summed E-state index contributed by atoms with van der Waals surface area (Å²) in [6.45, 7) is 6.58. The maximum atomic E-state index is 12.4. The fourth-order valence-electron chi connectivity index (χ4n) is 3.51. The van der Waals surface area contributed by atoms with Crippen LogP contribution in [0, 0.1) is 5.92 Å². The molecule has 164 valence electrons. The fourth-order valence-corrected chi connectivity index (χ4v) is 4.11. The van der Waals surface area contributed by atoms with Crippen LogP contribution < -0.4 is 10.2 Å². The number of hydrogen-bond acceptors (Lipinski definition) is 5. The molecule has 0 saturated heterocycles. The normalized spacial score (nSPS) is 17.8. The van der Waals surface area contributed by atoms with E-state index in [1.807, 2.05) is 11.4 Å². The van der Waals surface area contributed by atoms with Crippen molar-refractivity contribution in [2.75, 3.05) is 0 Å². The molecule has 5 nitrogen and oxygen atoms in total. The molecule has 1 aliphatic rings. The first-order chi connectivity index (χ1) is 15.3. The molecule has 1 aromatic heterocycles. The zero-order valence-electron chi connectivity index (χ0n) is 18.4. The van der Waals surface area contributed by atoms with Crippen LogP contribution in [-0.2, 0) is 10.2 Å². The Morgan fingerprint density at radius 2 is 1.78 bits per heavy atom. The molecule has 1 fully saturated rings. The van der Waals surface area contributed by atoms with E-state index < -0.39 is 0 Å². The van der Waals surface area contributed by atoms with Crippen LogP contribution in [-0.4, -0.2) is 18.1 Å². The number of esters is 1. The van der Waals surface area contributed by atoms with E-state index in [-0.39, 0.29) is 29.1 Å². The Morgan fingerprint density at radius 3 is 2.41 bits per heavy atom. The van der Waals surface area contributed by atoms with Gasteiger partial charge in [-0.05, 0) is 70.2 Å². The van der Waals surface area contributed by atoms with Crippen LogP contribution in [0.2, 0.25) is 0 Å². The number of rotatable bonds is 6. The van der Waals surface area contributed by atoms with E-state index in [9.17, 15) is 9.59 Å². The van der Waals surface area contributed by atoms with Crippen molar-refractivity contribution in [3.05, 3.63) is 87.6 Å². The standard InChI is InChI=1S/C26H26N2O3S/c1-26(2,3)19-10-8-18(9-11-19)21-15-22(21)24(29)28-27-16-17-6-12-20(13-7-17)31-25(30)23-5-4-14-32-23/h4-14,16,21-22H,15H2,1-3H3,(H,28,29)/b27-16-. The van der Waals surface area contributed by atoms with Gasteiger partial charge in [-0.15, -0.1) is 11.3 Å². The molecule has 1 N–H and O–H groups in total. The van der Waals surface area contributed by atoms with Crippen molar-refractivity contribution in [2.45, 2.75) is 38.5 Å². The maximum absolute atomic E-state index is 12.4. The van der Waals surface area contributed by atoms with Crippen molar-refractivity contribution in [3.63, 3.8) is 0 Å². The molecule has 0 spiro atoms. The van der Waals surface area contributed by atoms with Crippen molar-refractivity contribution in [3.8, 4) is 5.75 Å². The van der Waals surface area contributed by atoms with E-state index in [0.717, 1.165) is 12.0 Å². The Labute approximate surface area is 192 Å². The molecular formula is C26H26N2O3S. The molecular weight excluding hydrogens is 420 g/mol. The molecule has 1 aliphatic carbocycles. The second kappa shape index (κ2) is 9.09. The summed E-state index contributed by atoms with van der Waals surface area (Å²) in [5.74, 6) is 0.249. The summed E-state index contributed by atoms with van der Waals surface area (Å²) in [5, 5.41) is 5.91. The third kappa shape index (κ3) is 5.32. The molecule has 1 heterocycles. The Morgan fingerprint density at radius 1 is 1.06 bits per heavy atom. The lowest BCUT2D eigenvalue weighted by atomic mass is 9.86. The lowest BCUT2D eigenvalue weighted by Crippen LogP contribution is -2.20. The number of nitrogens with one attached hydrogen (secondary N) is 1. The van der Waals surface area contributed by atoms with E-state index in [4.69, 9.17) is 4.74 Å². The van der Waals surface area contributed by atoms with E-state index in [2.05, 4.69) is 55.6 Å². The summed E-state index contributed by atoms with van der Waals surface area (Å²) in [6, 6.07) is 19.1. The van der Waals surface area contributed by atoms with Gasteiger partial charge in [0.1, 0.15) is 10.6 Å². The third-order valence-corrected chi connectivity index (χ3v) is 6.38. The van der Waals surface area contributed by atoms with Crippen molar-refractivity contribution in [2.24, 2.45) is 11.0 Å². The summed E-state index contributed by atoms with van der Waals surface area (Å²) >= 11 is 1.34. The fraction of sp³-hybridized carbons (Fsp3) is 0.269. The van der Waals surface area contributed by atoms with Gasteiger partial charge in [0.2, 0.25) is 5.91 Å². The third-order valence-electron chi connectivity index (χ3n) is 5.53. The monoisotopic (exact) mass is 446 g/mol. The number of benzene rings is 2. The van der Waals surface area contributed by atoms with Gasteiger partial charge < -0.3 is 4.74 Å². The minimum atomic E-state index is -0.374. The number of hydrazone groups is 1. The quantitative estimate of drug-likeness (QED) is 0.235. The topological polar surface area (TPSA) is 67.8 Å². The van der Waals surface area contributed by atoms with Crippen LogP contribution in [0.25, 0.3) is 0 Å². The summed E-state index contributed by atoms with van der Waals surface area (Å²) in [6.07, 6.45) is 2.43. The number of ether oxygens (including phenoxy) is 1. The number of nitrogens with zero attached hydrogens (tertiary/aromatic N) is 1. The molecule has 6 heteroatoms. The highest BCUT2D eigenvalue weighted by Crippen LogP contribution is 2.47. The number of carbonyl (C=O) groups is 2. The molecule has 1 saturated carbocycles. The molecule has 3 aromatic rings. The minimum absolute atomic E-state index is 0.0355. The van der Waals surface area contributed by atoms with Gasteiger partial charge in [0, 0.05) is 5.92 Å². The zero-order valence-corrected chi connectivity index (χ0v) is 19.2. The lowest BCUT2D eigenvalue weighted by Gasteiger charge is -2.19. The average molecular weight is 447 g/mol. The highest BCUT2D eigenvalue weighted by atomic mass is 32.1. The summed E-state index contributed by atoms with van der Waals surface area (Å²) in [7, 11) is 0. The van der Waals surface area contributed by atoms with Crippen LogP contribution in [0.15, 0.2) is 71.1 Å². The highest BCUT2D eigenvalue weighted by Gasteiger charge is 2.44. The van der Waals surface area contributed by atoms with E-state index in [0.29, 0.717) is 10.6 Å². The largest absolute Gasteiger partial charge is 0.422 e. The second-order valence-corrected chi connectivity index (χ2v) is 9.94. The molecule has 0 aliphatic heterocycles. The van der Waals surface area contributed by atoms with E-state index in [1.54, 1.807) is 36.5 Å². The molecule has 4 rings (SSSR count). The number of amides is 1. The van der Waals surface area contributed by atoms with Gasteiger partial charge in [0.05, 0.1) is 6.21 Å². The molecule has 1 amide bonds. The SMILES string of the molecule is CC(C)(C)c1ccc(C2CC2C(=O)N/N=C\c2ccc(OC(=O)c3cccs3)cc2)cc1. The first-order valence-electron chi connectivity index (χ1n) is 10.6. The number of thiophene rings is 1. The highest BCUT2D eigenvalue weighted by molar-refractivity contribution is 7.12. The van der Waals surface area contributed by atoms with E-state index in [1.165, 1.54) is 22.5 Å². The minimum Gasteiger partial charge on any atom is -0.422 e. The molecule has 2 unspecified atom stereocenters. The van der Waals surface area contributed by atoms with E-state index >= 15 is 0 Å². The molecule has 2 atom stereocenters. The van der Waals surface area contributed by atoms with Crippen LogP contribution in [0.3, 0.4) is 0 Å². The number of carbonyl (C=O) groups excluding carboxylic acids is 2. The Hall–Kier alpha value is -3.25. The summed E-state index contributed by atoms with van der Waals surface area (Å²) < 4.78 is 5.33. The Balaban J connectivity index is 1.26. The maximum Gasteiger partial charge on any atom is 0.353 e. The van der Waals surface area contributed by atoms with Crippen molar-refractivity contribution in [1.82, 2.24) is 5.43 Å². The molecule has 2 aromatic carbocycles. The first-order valence-corrected chi connectivity index (χ1v) is 11.5. The second-order valence-electron chi connectivity index (χ2n) is 8.99. The van der Waals surface area contributed by atoms with Gasteiger partial charge in [-0.2, -0.15) is 5.10 Å². The lowest BCUT2D eigenvalue weighted by molar-refractivity contribution is -0.122. The molecule has 0 bridgehead atoms. The number of hydrogen-bond donors (Lipinski definition) is 1. The summed E-state index contributed by atoms with van der Waals surface area (Å²) in [4.78, 5) is 24.9. The van der Waals surface area contributed by atoms with Gasteiger partial charge in [0.25, 0.3) is 0 Å². The molecule has 0 radical (unpaired) electrons. The van der Waals surface area contributed by atoms with Gasteiger partial charge in [-0.3, -0.25) is 4.79 Å². The Kier molecular flexibility index (Phi) is 6.24. The van der Waals surface area contributed by atoms with Gasteiger partial charge >= 0.3 is 5.97 Å². The average Bonchev–Trinajstić information content (AvgIpc) is 3.38. The van der Waals surface area contributed by atoms with Crippen LogP contribution >= 0.6 is 11.3 Å². The van der Waals surface area contributed by atoms with Gasteiger partial charge in [0.15, 0.2) is 0 Å². The van der Waals surface area contributed by atoms with Gasteiger partial charge in [-0.1, -0.05) is 51.1 Å². The predicted molar refractivity (Wildman–Crippen MR) is 127 cm³/mol. The smallest absolute Gasteiger partial charge is 0.353 e. The van der Waals surface area contributed by atoms with Crippen molar-refractivity contribution >= 4 is 29.4 Å².